The number of anilines is 1. The molecule has 0 bridgehead atoms. The number of hydrogen-bond donors (Lipinski definition) is 3. The van der Waals surface area contributed by atoms with Gasteiger partial charge in [-0.15, -0.1) is 11.3 Å². The molecule has 1 fully saturated rings. The van der Waals surface area contributed by atoms with Gasteiger partial charge in [0.2, 0.25) is 10.0 Å². The average molecular weight is 439 g/mol. The molecule has 3 N–H and O–H groups in total. The standard InChI is InChI=1S/C19H30N6O2S2/c1-3-20-19(21-9-10-22-29(26,27)17-8-11-24(2)15-17)23-16-6-12-25(13-7-16)18-5-4-14-28-18/h4-5,8,11,14-16,22H,3,6-7,9-10,12-13H2,1-2H3,(H2,20,21,23). The van der Waals surface area contributed by atoms with Gasteiger partial charge in [0, 0.05) is 51.7 Å². The third-order valence-corrected chi connectivity index (χ3v) is 7.16. The molecule has 0 radical (unpaired) electrons. The largest absolute Gasteiger partial charge is 0.363 e. The zero-order valence-electron chi connectivity index (χ0n) is 17.0. The van der Waals surface area contributed by atoms with Gasteiger partial charge in [0.1, 0.15) is 0 Å². The summed E-state index contributed by atoms with van der Waals surface area (Å²) >= 11 is 1.78. The maximum Gasteiger partial charge on any atom is 0.242 e. The van der Waals surface area contributed by atoms with Crippen molar-refractivity contribution in [2.75, 3.05) is 37.6 Å². The van der Waals surface area contributed by atoms with E-state index in [1.54, 1.807) is 41.4 Å². The zero-order valence-corrected chi connectivity index (χ0v) is 18.6. The van der Waals surface area contributed by atoms with Crippen LogP contribution in [0.1, 0.15) is 19.8 Å². The molecule has 10 heteroatoms. The first-order valence-corrected chi connectivity index (χ1v) is 12.3. The number of sulfonamides is 1. The number of hydrogen-bond acceptors (Lipinski definition) is 5. The van der Waals surface area contributed by atoms with Crippen LogP contribution in [0.5, 0.6) is 0 Å². The van der Waals surface area contributed by atoms with Crippen LogP contribution >= 0.6 is 11.3 Å². The van der Waals surface area contributed by atoms with Crippen LogP contribution in [0.3, 0.4) is 0 Å². The highest BCUT2D eigenvalue weighted by molar-refractivity contribution is 7.89. The summed E-state index contributed by atoms with van der Waals surface area (Å²) in [6, 6.07) is 6.21. The summed E-state index contributed by atoms with van der Waals surface area (Å²) in [6.07, 6.45) is 5.38. The van der Waals surface area contributed by atoms with E-state index >= 15 is 0 Å². The Balaban J connectivity index is 1.46. The lowest BCUT2D eigenvalue weighted by atomic mass is 10.1. The lowest BCUT2D eigenvalue weighted by molar-refractivity contribution is 0.463. The van der Waals surface area contributed by atoms with Gasteiger partial charge in [-0.25, -0.2) is 13.1 Å². The summed E-state index contributed by atoms with van der Waals surface area (Å²) in [5.41, 5.74) is 0. The van der Waals surface area contributed by atoms with Crippen molar-refractivity contribution in [1.82, 2.24) is 19.9 Å². The molecule has 1 aliphatic heterocycles. The molecule has 0 amide bonds. The highest BCUT2D eigenvalue weighted by Gasteiger charge is 2.20. The van der Waals surface area contributed by atoms with E-state index in [1.807, 2.05) is 6.92 Å². The second-order valence-corrected chi connectivity index (χ2v) is 9.72. The van der Waals surface area contributed by atoms with Crippen LogP contribution in [-0.4, -0.2) is 57.7 Å². The molecule has 160 valence electrons. The first-order valence-electron chi connectivity index (χ1n) is 9.93. The van der Waals surface area contributed by atoms with Crippen molar-refractivity contribution >= 4 is 32.3 Å². The Labute approximate surface area is 177 Å². The molecule has 3 rings (SSSR count). The summed E-state index contributed by atoms with van der Waals surface area (Å²) in [6.45, 7) is 5.45. The fourth-order valence-corrected chi connectivity index (χ4v) is 5.13. The molecule has 0 saturated carbocycles. The number of piperidine rings is 1. The van der Waals surface area contributed by atoms with E-state index in [0.29, 0.717) is 12.6 Å². The summed E-state index contributed by atoms with van der Waals surface area (Å²) in [5, 5.41) is 10.2. The minimum atomic E-state index is -3.49. The third kappa shape index (κ3) is 6.22. The topological polar surface area (TPSA) is 90.8 Å². The number of rotatable bonds is 8. The molecule has 2 aromatic heterocycles. The molecule has 1 aliphatic rings. The van der Waals surface area contributed by atoms with Gasteiger partial charge in [-0.2, -0.15) is 0 Å². The second-order valence-electron chi connectivity index (χ2n) is 7.03. The molecule has 1 saturated heterocycles. The minimum absolute atomic E-state index is 0.255. The van der Waals surface area contributed by atoms with Crippen molar-refractivity contribution in [3.05, 3.63) is 36.0 Å². The predicted octanol–water partition coefficient (Wildman–Crippen LogP) is 1.59. The Bertz CT molecular complexity index is 884. The van der Waals surface area contributed by atoms with Gasteiger partial charge < -0.3 is 20.1 Å². The molecule has 0 aromatic carbocycles. The molecular formula is C19H30N6O2S2. The Morgan fingerprint density at radius 3 is 2.72 bits per heavy atom. The van der Waals surface area contributed by atoms with E-state index in [1.165, 1.54) is 5.00 Å². The minimum Gasteiger partial charge on any atom is -0.363 e. The van der Waals surface area contributed by atoms with E-state index in [4.69, 9.17) is 0 Å². The second kappa shape index (κ2) is 10.1. The lowest BCUT2D eigenvalue weighted by Crippen LogP contribution is -2.48. The van der Waals surface area contributed by atoms with Crippen LogP contribution in [0.25, 0.3) is 0 Å². The zero-order chi connectivity index (χ0) is 20.7. The van der Waals surface area contributed by atoms with Gasteiger partial charge in [-0.05, 0) is 43.3 Å². The van der Waals surface area contributed by atoms with Crippen LogP contribution in [0.2, 0.25) is 0 Å². The van der Waals surface area contributed by atoms with Crippen LogP contribution in [0.15, 0.2) is 45.9 Å². The van der Waals surface area contributed by atoms with E-state index < -0.39 is 10.0 Å². The van der Waals surface area contributed by atoms with Crippen LogP contribution in [-0.2, 0) is 17.1 Å². The third-order valence-electron chi connectivity index (χ3n) is 4.79. The van der Waals surface area contributed by atoms with Crippen LogP contribution in [0.4, 0.5) is 5.00 Å². The normalized spacial score (nSPS) is 16.2. The summed E-state index contributed by atoms with van der Waals surface area (Å²) in [7, 11) is -1.70. The Morgan fingerprint density at radius 1 is 1.31 bits per heavy atom. The smallest absolute Gasteiger partial charge is 0.242 e. The summed E-state index contributed by atoms with van der Waals surface area (Å²) in [5.74, 6) is 0.737. The maximum absolute atomic E-state index is 12.3. The lowest BCUT2D eigenvalue weighted by Gasteiger charge is -2.33. The number of aryl methyl sites for hydroxylation is 1. The van der Waals surface area contributed by atoms with Crippen molar-refractivity contribution in [3.8, 4) is 0 Å². The summed E-state index contributed by atoms with van der Waals surface area (Å²) in [4.78, 5) is 7.22. The molecule has 0 spiro atoms. The van der Waals surface area contributed by atoms with Gasteiger partial charge in [0.15, 0.2) is 5.96 Å². The fraction of sp³-hybridized carbons (Fsp3) is 0.526. The Morgan fingerprint density at radius 2 is 2.10 bits per heavy atom. The number of nitrogens with one attached hydrogen (secondary N) is 3. The van der Waals surface area contributed by atoms with Crippen molar-refractivity contribution in [1.29, 1.82) is 0 Å². The number of nitrogens with zero attached hydrogens (tertiary/aromatic N) is 3. The fourth-order valence-electron chi connectivity index (χ4n) is 3.28. The first-order chi connectivity index (χ1) is 14.0. The molecular weight excluding hydrogens is 408 g/mol. The van der Waals surface area contributed by atoms with Gasteiger partial charge in [-0.1, -0.05) is 0 Å². The molecule has 2 aromatic rings. The maximum atomic E-state index is 12.3. The Kier molecular flexibility index (Phi) is 7.57. The molecule has 0 atom stereocenters. The highest BCUT2D eigenvalue weighted by atomic mass is 32.2. The number of guanidine groups is 1. The predicted molar refractivity (Wildman–Crippen MR) is 119 cm³/mol. The van der Waals surface area contributed by atoms with Gasteiger partial charge in [0.05, 0.1) is 16.4 Å². The van der Waals surface area contributed by atoms with Gasteiger partial charge >= 0.3 is 0 Å². The molecule has 3 heterocycles. The van der Waals surface area contributed by atoms with E-state index in [2.05, 4.69) is 42.8 Å². The number of thiophene rings is 1. The number of aromatic nitrogens is 1. The van der Waals surface area contributed by atoms with Gasteiger partial charge in [-0.3, -0.25) is 4.99 Å². The molecule has 0 aliphatic carbocycles. The quantitative estimate of drug-likeness (QED) is 0.331. The molecule has 29 heavy (non-hydrogen) atoms. The van der Waals surface area contributed by atoms with Crippen molar-refractivity contribution < 1.29 is 8.42 Å². The van der Waals surface area contributed by atoms with Crippen LogP contribution in [0, 0.1) is 0 Å². The molecule has 8 nitrogen and oxygen atoms in total. The first kappa shape index (κ1) is 21.7. The monoisotopic (exact) mass is 438 g/mol. The van der Waals surface area contributed by atoms with E-state index in [9.17, 15) is 8.42 Å². The number of aliphatic imine (C=N–C) groups is 1. The highest BCUT2D eigenvalue weighted by Crippen LogP contribution is 2.24. The van der Waals surface area contributed by atoms with Crippen molar-refractivity contribution in [3.63, 3.8) is 0 Å². The average Bonchev–Trinajstić information content (AvgIpc) is 3.38. The van der Waals surface area contributed by atoms with E-state index in [-0.39, 0.29) is 11.4 Å². The SMILES string of the molecule is CCNC(=NCCNS(=O)(=O)c1ccn(C)c1)NC1CCN(c2cccs2)CC1. The Hall–Kier alpha value is -2.04. The van der Waals surface area contributed by atoms with Crippen molar-refractivity contribution in [2.45, 2.75) is 30.7 Å². The van der Waals surface area contributed by atoms with E-state index in [0.717, 1.165) is 38.4 Å². The van der Waals surface area contributed by atoms with Crippen LogP contribution < -0.4 is 20.3 Å². The van der Waals surface area contributed by atoms with Gasteiger partial charge in [0.25, 0.3) is 0 Å². The summed E-state index contributed by atoms with van der Waals surface area (Å²) < 4.78 is 28.8. The molecule has 0 unspecified atom stereocenters. The van der Waals surface area contributed by atoms with Crippen molar-refractivity contribution in [2.24, 2.45) is 12.0 Å².